The smallest absolute Gasteiger partial charge is 0.140 e. The van der Waals surface area contributed by atoms with Crippen molar-refractivity contribution >= 4 is 11.5 Å². The van der Waals surface area contributed by atoms with Crippen LogP contribution in [-0.2, 0) is 13.0 Å². The summed E-state index contributed by atoms with van der Waals surface area (Å²) in [6, 6.07) is 7.97. The lowest BCUT2D eigenvalue weighted by molar-refractivity contribution is 0.415. The fourth-order valence-electron chi connectivity index (χ4n) is 2.47. The predicted octanol–water partition coefficient (Wildman–Crippen LogP) is 1.90. The number of nitrogens with zero attached hydrogens (tertiary/aromatic N) is 3. The molecule has 1 aliphatic heterocycles. The van der Waals surface area contributed by atoms with Crippen molar-refractivity contribution in [3.8, 4) is 5.75 Å². The molecule has 1 aromatic heterocycles. The summed E-state index contributed by atoms with van der Waals surface area (Å²) in [7, 11) is 3.70. The highest BCUT2D eigenvalue weighted by Gasteiger charge is 2.18. The second-order valence-electron chi connectivity index (χ2n) is 4.81. The third-order valence-corrected chi connectivity index (χ3v) is 3.63. The molecule has 5 heteroatoms. The second-order valence-corrected chi connectivity index (χ2v) is 4.81. The van der Waals surface area contributed by atoms with Gasteiger partial charge < -0.3 is 15.0 Å². The van der Waals surface area contributed by atoms with E-state index in [9.17, 15) is 0 Å². The van der Waals surface area contributed by atoms with Gasteiger partial charge in [0.15, 0.2) is 0 Å². The Kier molecular flexibility index (Phi) is 3.52. The minimum atomic E-state index is 0.825. The standard InChI is InChI=1S/C15H18N4O/c1-19(11-3-5-12(20-2)6-4-11)15-13-9-16-8-7-14(13)17-10-18-15/h3-6,10,16H,7-9H2,1-2H3. The van der Waals surface area contributed by atoms with Crippen LogP contribution in [0.5, 0.6) is 5.75 Å². The first-order valence-electron chi connectivity index (χ1n) is 6.71. The largest absolute Gasteiger partial charge is 0.497 e. The Morgan fingerprint density at radius 3 is 2.75 bits per heavy atom. The van der Waals surface area contributed by atoms with Crippen LogP contribution in [0.3, 0.4) is 0 Å². The maximum atomic E-state index is 5.19. The molecular weight excluding hydrogens is 252 g/mol. The van der Waals surface area contributed by atoms with Crippen LogP contribution in [0, 0.1) is 0 Å². The molecule has 0 spiro atoms. The van der Waals surface area contributed by atoms with Gasteiger partial charge in [0.1, 0.15) is 17.9 Å². The van der Waals surface area contributed by atoms with E-state index in [1.165, 1.54) is 5.56 Å². The molecule has 0 atom stereocenters. The summed E-state index contributed by atoms with van der Waals surface area (Å²) in [4.78, 5) is 10.9. The number of hydrogen-bond donors (Lipinski definition) is 1. The van der Waals surface area contributed by atoms with Crippen molar-refractivity contribution in [1.82, 2.24) is 15.3 Å². The highest BCUT2D eigenvalue weighted by atomic mass is 16.5. The van der Waals surface area contributed by atoms with Gasteiger partial charge in [-0.3, -0.25) is 0 Å². The minimum absolute atomic E-state index is 0.825. The second kappa shape index (κ2) is 5.46. The van der Waals surface area contributed by atoms with Crippen LogP contribution in [0.25, 0.3) is 0 Å². The summed E-state index contributed by atoms with van der Waals surface area (Å²) in [6.45, 7) is 1.81. The van der Waals surface area contributed by atoms with E-state index >= 15 is 0 Å². The van der Waals surface area contributed by atoms with Crippen LogP contribution in [-0.4, -0.2) is 30.7 Å². The summed E-state index contributed by atoms with van der Waals surface area (Å²) in [5.41, 5.74) is 3.42. The number of hydrogen-bond acceptors (Lipinski definition) is 5. The van der Waals surface area contributed by atoms with E-state index in [1.807, 2.05) is 31.3 Å². The molecule has 0 bridgehead atoms. The average molecular weight is 270 g/mol. The van der Waals surface area contributed by atoms with Crippen LogP contribution >= 0.6 is 0 Å². The monoisotopic (exact) mass is 270 g/mol. The van der Waals surface area contributed by atoms with E-state index < -0.39 is 0 Å². The molecule has 0 unspecified atom stereocenters. The third-order valence-electron chi connectivity index (χ3n) is 3.63. The van der Waals surface area contributed by atoms with Crippen molar-refractivity contribution in [3.63, 3.8) is 0 Å². The third kappa shape index (κ3) is 2.32. The zero-order valence-corrected chi connectivity index (χ0v) is 11.8. The average Bonchev–Trinajstić information content (AvgIpc) is 2.54. The van der Waals surface area contributed by atoms with Crippen molar-refractivity contribution in [1.29, 1.82) is 0 Å². The summed E-state index contributed by atoms with van der Waals surface area (Å²) in [6.07, 6.45) is 2.61. The number of rotatable bonds is 3. The van der Waals surface area contributed by atoms with E-state index in [0.29, 0.717) is 0 Å². The first-order valence-corrected chi connectivity index (χ1v) is 6.71. The van der Waals surface area contributed by atoms with Crippen molar-refractivity contribution in [2.75, 3.05) is 25.6 Å². The maximum absolute atomic E-state index is 5.19. The molecule has 104 valence electrons. The molecule has 2 heterocycles. The van der Waals surface area contributed by atoms with E-state index in [1.54, 1.807) is 13.4 Å². The van der Waals surface area contributed by atoms with Gasteiger partial charge in [-0.25, -0.2) is 9.97 Å². The zero-order chi connectivity index (χ0) is 13.9. The topological polar surface area (TPSA) is 50.3 Å². The molecule has 0 saturated carbocycles. The quantitative estimate of drug-likeness (QED) is 0.923. The first-order chi connectivity index (χ1) is 9.79. The fourth-order valence-corrected chi connectivity index (χ4v) is 2.47. The van der Waals surface area contributed by atoms with Crippen molar-refractivity contribution in [3.05, 3.63) is 41.9 Å². The van der Waals surface area contributed by atoms with Crippen LogP contribution in [0.2, 0.25) is 0 Å². The van der Waals surface area contributed by atoms with E-state index in [-0.39, 0.29) is 0 Å². The van der Waals surface area contributed by atoms with Crippen LogP contribution < -0.4 is 15.0 Å². The molecule has 5 nitrogen and oxygen atoms in total. The predicted molar refractivity (Wildman–Crippen MR) is 78.5 cm³/mol. The molecule has 0 aliphatic carbocycles. The van der Waals surface area contributed by atoms with Crippen LogP contribution in [0.1, 0.15) is 11.3 Å². The van der Waals surface area contributed by atoms with Crippen molar-refractivity contribution in [2.45, 2.75) is 13.0 Å². The molecule has 0 fully saturated rings. The van der Waals surface area contributed by atoms with Gasteiger partial charge in [0, 0.05) is 37.8 Å². The highest BCUT2D eigenvalue weighted by molar-refractivity contribution is 5.63. The van der Waals surface area contributed by atoms with Gasteiger partial charge in [-0.05, 0) is 24.3 Å². The highest BCUT2D eigenvalue weighted by Crippen LogP contribution is 2.28. The maximum Gasteiger partial charge on any atom is 0.140 e. The molecular formula is C15H18N4O. The van der Waals surface area contributed by atoms with Gasteiger partial charge in [-0.15, -0.1) is 0 Å². The number of fused-ring (bicyclic) bond motifs is 1. The Labute approximate surface area is 118 Å². The van der Waals surface area contributed by atoms with Gasteiger partial charge in [-0.1, -0.05) is 0 Å². The van der Waals surface area contributed by atoms with Gasteiger partial charge in [-0.2, -0.15) is 0 Å². The molecule has 1 N–H and O–H groups in total. The summed E-state index contributed by atoms with van der Waals surface area (Å²) < 4.78 is 5.19. The molecule has 0 radical (unpaired) electrons. The van der Waals surface area contributed by atoms with Crippen LogP contribution in [0.15, 0.2) is 30.6 Å². The Bertz CT molecular complexity index is 597. The Morgan fingerprint density at radius 2 is 2.00 bits per heavy atom. The van der Waals surface area contributed by atoms with Crippen molar-refractivity contribution < 1.29 is 4.74 Å². The molecule has 0 amide bonds. The summed E-state index contributed by atoms with van der Waals surface area (Å²) in [5.74, 6) is 1.82. The Balaban J connectivity index is 1.95. The normalized spacial score (nSPS) is 13.7. The first kappa shape index (κ1) is 12.9. The van der Waals surface area contributed by atoms with Crippen molar-refractivity contribution in [2.24, 2.45) is 0 Å². The van der Waals surface area contributed by atoms with E-state index in [4.69, 9.17) is 4.74 Å². The number of aromatic nitrogens is 2. The van der Waals surface area contributed by atoms with Gasteiger partial charge >= 0.3 is 0 Å². The number of methoxy groups -OCH3 is 1. The van der Waals surface area contributed by atoms with E-state index in [0.717, 1.165) is 42.5 Å². The lowest BCUT2D eigenvalue weighted by Crippen LogP contribution is -2.27. The number of benzene rings is 1. The molecule has 1 aliphatic rings. The number of ether oxygens (including phenoxy) is 1. The fraction of sp³-hybridized carbons (Fsp3) is 0.333. The van der Waals surface area contributed by atoms with E-state index in [2.05, 4.69) is 20.2 Å². The summed E-state index contributed by atoms with van der Waals surface area (Å²) >= 11 is 0. The molecule has 2 aromatic rings. The molecule has 3 rings (SSSR count). The van der Waals surface area contributed by atoms with Crippen LogP contribution in [0.4, 0.5) is 11.5 Å². The number of nitrogens with one attached hydrogen (secondary N) is 1. The van der Waals surface area contributed by atoms with Gasteiger partial charge in [0.05, 0.1) is 12.8 Å². The lowest BCUT2D eigenvalue weighted by Gasteiger charge is -2.25. The molecule has 0 saturated heterocycles. The minimum Gasteiger partial charge on any atom is -0.497 e. The van der Waals surface area contributed by atoms with Gasteiger partial charge in [0.2, 0.25) is 0 Å². The number of anilines is 2. The molecule has 20 heavy (non-hydrogen) atoms. The zero-order valence-electron chi connectivity index (χ0n) is 11.8. The molecule has 1 aromatic carbocycles. The SMILES string of the molecule is COc1ccc(N(C)c2ncnc3c2CNCC3)cc1. The lowest BCUT2D eigenvalue weighted by atomic mass is 10.1. The Morgan fingerprint density at radius 1 is 1.20 bits per heavy atom. The Hall–Kier alpha value is -2.14. The van der Waals surface area contributed by atoms with Gasteiger partial charge in [0.25, 0.3) is 0 Å². The summed E-state index contributed by atoms with van der Waals surface area (Å²) in [5, 5.41) is 3.38.